The monoisotopic (exact) mass is 510 g/mol. The van der Waals surface area contributed by atoms with Crippen LogP contribution in [0.1, 0.15) is 19.4 Å². The molecular formula is C22H26N2O10S. The van der Waals surface area contributed by atoms with Gasteiger partial charge in [-0.05, 0) is 37.1 Å². The number of nitrogens with zero attached hydrogens (tertiary/aromatic N) is 2. The van der Waals surface area contributed by atoms with Crippen LogP contribution in [0.25, 0.3) is 0 Å². The Kier molecular flexibility index (Phi) is 9.25. The highest BCUT2D eigenvalue weighted by Crippen LogP contribution is 2.38. The zero-order chi connectivity index (χ0) is 26.4. The third kappa shape index (κ3) is 6.11. The number of aliphatic hydroxyl groups excluding tert-OH is 1. The molecular weight excluding hydrogens is 484 g/mol. The van der Waals surface area contributed by atoms with E-state index in [9.17, 15) is 33.8 Å². The second-order valence-corrected chi connectivity index (χ2v) is 9.37. The number of amides is 1. The number of nitro groups is 1. The molecule has 35 heavy (non-hydrogen) atoms. The molecule has 1 aromatic carbocycles. The van der Waals surface area contributed by atoms with Crippen LogP contribution >= 0.6 is 0 Å². The van der Waals surface area contributed by atoms with Gasteiger partial charge in [0.25, 0.3) is 5.69 Å². The predicted molar refractivity (Wildman–Crippen MR) is 123 cm³/mol. The van der Waals surface area contributed by atoms with Crippen LogP contribution in [0, 0.1) is 16.0 Å². The first kappa shape index (κ1) is 27.7. The third-order valence-electron chi connectivity index (χ3n) is 5.26. The van der Waals surface area contributed by atoms with Crippen molar-refractivity contribution in [2.24, 2.45) is 5.92 Å². The molecule has 1 aliphatic rings. The summed E-state index contributed by atoms with van der Waals surface area (Å²) in [6.45, 7) is 9.26. The van der Waals surface area contributed by atoms with E-state index in [0.29, 0.717) is 5.56 Å². The minimum atomic E-state index is -2.01. The number of non-ortho nitro benzene ring substituents is 1. The van der Waals surface area contributed by atoms with Crippen LogP contribution < -0.4 is 0 Å². The Morgan fingerprint density at radius 3 is 2.37 bits per heavy atom. The zero-order valence-corrected chi connectivity index (χ0v) is 20.2. The van der Waals surface area contributed by atoms with Crippen molar-refractivity contribution in [1.82, 2.24) is 4.90 Å². The minimum Gasteiger partial charge on any atom is -0.467 e. The number of ether oxygens (including phenoxy) is 3. The second-order valence-electron chi connectivity index (χ2n) is 7.71. The first-order valence-electron chi connectivity index (χ1n) is 10.3. The lowest BCUT2D eigenvalue weighted by molar-refractivity contribution is -0.384. The van der Waals surface area contributed by atoms with Gasteiger partial charge in [0, 0.05) is 17.0 Å². The molecule has 1 amide bonds. The van der Waals surface area contributed by atoms with E-state index in [1.165, 1.54) is 38.1 Å². The van der Waals surface area contributed by atoms with Crippen molar-refractivity contribution in [1.29, 1.82) is 0 Å². The number of rotatable bonds is 11. The first-order valence-corrected chi connectivity index (χ1v) is 11.5. The minimum absolute atomic E-state index is 0.0872. The summed E-state index contributed by atoms with van der Waals surface area (Å²) in [5.41, 5.74) is 0.601. The van der Waals surface area contributed by atoms with Gasteiger partial charge in [0.1, 0.15) is 24.0 Å². The lowest BCUT2D eigenvalue weighted by Gasteiger charge is -2.50. The lowest BCUT2D eigenvalue weighted by atomic mass is 9.89. The average molecular weight is 511 g/mol. The standard InChI is InChI=1S/C22H26N2O10S/c1-12(2)18(21(27)32-5)23-19(26)17(20(23)35(31)13(3)10-25)14(4)34-22(28)33-11-15-6-8-16(9-7-15)24(29)30/h6-9,14,17-18,20,25H,1,3,10-11H2,2,4-5H3/t14?,17-,18?,20+,35?/m0/s1. The van der Waals surface area contributed by atoms with Crippen LogP contribution in [-0.4, -0.2) is 68.4 Å². The van der Waals surface area contributed by atoms with E-state index < -0.39 is 63.8 Å². The normalized spacial score (nSPS) is 19.5. The largest absolute Gasteiger partial charge is 0.508 e. The van der Waals surface area contributed by atoms with Crippen molar-refractivity contribution >= 4 is 34.5 Å². The SMILES string of the molecule is C=C(C)C(C(=O)OC)N1C(=O)[C@H](C(C)OC(=O)OCc2ccc([N+](=O)[O-])cc2)[C@H]1S(=O)C(=C)CO. The summed E-state index contributed by atoms with van der Waals surface area (Å²) in [5.74, 6) is -2.56. The molecule has 3 unspecified atom stereocenters. The summed E-state index contributed by atoms with van der Waals surface area (Å²) in [7, 11) is -0.879. The summed E-state index contributed by atoms with van der Waals surface area (Å²) >= 11 is 0. The number of nitro benzene ring substituents is 1. The maximum absolute atomic E-state index is 13.0. The van der Waals surface area contributed by atoms with Gasteiger partial charge in [0.05, 0.1) is 29.4 Å². The van der Waals surface area contributed by atoms with E-state index in [-0.39, 0.29) is 22.8 Å². The number of hydrogen-bond donors (Lipinski definition) is 1. The Balaban J connectivity index is 2.14. The second kappa shape index (κ2) is 11.7. The maximum Gasteiger partial charge on any atom is 0.508 e. The van der Waals surface area contributed by atoms with Gasteiger partial charge in [-0.15, -0.1) is 0 Å². The molecule has 13 heteroatoms. The van der Waals surface area contributed by atoms with Crippen molar-refractivity contribution < 1.29 is 42.8 Å². The molecule has 0 saturated carbocycles. The number of carbonyl (C=O) groups excluding carboxylic acids is 3. The number of likely N-dealkylation sites (tertiary alicyclic amines) is 1. The molecule has 1 fully saturated rings. The molecule has 1 N–H and O–H groups in total. The summed E-state index contributed by atoms with van der Waals surface area (Å²) in [5, 5.41) is 18.9. The van der Waals surface area contributed by atoms with E-state index in [0.717, 1.165) is 12.0 Å². The van der Waals surface area contributed by atoms with Gasteiger partial charge in [0.15, 0.2) is 6.04 Å². The van der Waals surface area contributed by atoms with Gasteiger partial charge in [-0.2, -0.15) is 0 Å². The summed E-state index contributed by atoms with van der Waals surface area (Å²) < 4.78 is 27.9. The molecule has 5 atom stereocenters. The van der Waals surface area contributed by atoms with Crippen molar-refractivity contribution in [3.63, 3.8) is 0 Å². The lowest BCUT2D eigenvalue weighted by Crippen LogP contribution is -2.70. The van der Waals surface area contributed by atoms with Crippen LogP contribution in [-0.2, 0) is 41.2 Å². The molecule has 0 aromatic heterocycles. The van der Waals surface area contributed by atoms with Gasteiger partial charge < -0.3 is 24.2 Å². The van der Waals surface area contributed by atoms with E-state index in [1.54, 1.807) is 0 Å². The molecule has 2 rings (SSSR count). The van der Waals surface area contributed by atoms with Crippen molar-refractivity contribution in [2.45, 2.75) is 38.0 Å². The highest BCUT2D eigenvalue weighted by molar-refractivity contribution is 7.89. The highest BCUT2D eigenvalue weighted by Gasteiger charge is 2.58. The van der Waals surface area contributed by atoms with Crippen molar-refractivity contribution in [3.8, 4) is 0 Å². The van der Waals surface area contributed by atoms with Crippen LogP contribution in [0.15, 0.2) is 47.9 Å². The fourth-order valence-corrected chi connectivity index (χ4v) is 4.97. The topological polar surface area (TPSA) is 163 Å². The Hall–Kier alpha value is -3.58. The quantitative estimate of drug-likeness (QED) is 0.153. The predicted octanol–water partition coefficient (Wildman–Crippen LogP) is 1.79. The highest BCUT2D eigenvalue weighted by atomic mass is 32.2. The van der Waals surface area contributed by atoms with Gasteiger partial charge >= 0.3 is 12.1 Å². The van der Waals surface area contributed by atoms with Crippen LogP contribution in [0.5, 0.6) is 0 Å². The molecule has 190 valence electrons. The molecule has 0 aliphatic carbocycles. The van der Waals surface area contributed by atoms with Gasteiger partial charge in [-0.1, -0.05) is 13.2 Å². The number of carbonyl (C=O) groups is 3. The van der Waals surface area contributed by atoms with Crippen LogP contribution in [0.2, 0.25) is 0 Å². The summed E-state index contributed by atoms with van der Waals surface area (Å²) in [4.78, 5) is 48.6. The third-order valence-corrected chi connectivity index (χ3v) is 6.92. The molecule has 0 radical (unpaired) electrons. The molecule has 0 bridgehead atoms. The van der Waals surface area contributed by atoms with E-state index in [1.807, 2.05) is 0 Å². The van der Waals surface area contributed by atoms with E-state index >= 15 is 0 Å². The number of methoxy groups -OCH3 is 1. The van der Waals surface area contributed by atoms with Crippen LogP contribution in [0.3, 0.4) is 0 Å². The number of esters is 1. The van der Waals surface area contributed by atoms with E-state index in [2.05, 4.69) is 13.2 Å². The van der Waals surface area contributed by atoms with Gasteiger partial charge in [-0.25, -0.2) is 9.59 Å². The summed E-state index contributed by atoms with van der Waals surface area (Å²) in [6.07, 6.45) is -2.25. The average Bonchev–Trinajstić information content (AvgIpc) is 2.82. The van der Waals surface area contributed by atoms with Crippen molar-refractivity contribution in [3.05, 3.63) is 63.6 Å². The van der Waals surface area contributed by atoms with Gasteiger partial charge in [0.2, 0.25) is 5.91 Å². The Bertz CT molecular complexity index is 1050. The molecule has 1 aromatic rings. The van der Waals surface area contributed by atoms with Crippen molar-refractivity contribution in [2.75, 3.05) is 13.7 Å². The maximum atomic E-state index is 13.0. The van der Waals surface area contributed by atoms with E-state index in [4.69, 9.17) is 14.2 Å². The molecule has 1 heterocycles. The number of benzene rings is 1. The molecule has 12 nitrogen and oxygen atoms in total. The smallest absolute Gasteiger partial charge is 0.467 e. The zero-order valence-electron chi connectivity index (χ0n) is 19.4. The fourth-order valence-electron chi connectivity index (χ4n) is 3.47. The molecule has 0 spiro atoms. The fraction of sp³-hybridized carbons (Fsp3) is 0.409. The number of hydrogen-bond acceptors (Lipinski definition) is 10. The Morgan fingerprint density at radius 2 is 1.89 bits per heavy atom. The number of β-lactam (4-membered cyclic amide) rings is 1. The molecule has 1 aliphatic heterocycles. The Morgan fingerprint density at radius 1 is 1.29 bits per heavy atom. The van der Waals surface area contributed by atoms with Gasteiger partial charge in [-0.3, -0.25) is 19.1 Å². The first-order chi connectivity index (χ1) is 16.4. The summed E-state index contributed by atoms with van der Waals surface area (Å²) in [6, 6.07) is 4.09. The Labute approximate surface area is 203 Å². The molecule has 1 saturated heterocycles. The van der Waals surface area contributed by atoms with Crippen LogP contribution in [0.4, 0.5) is 10.5 Å². The number of aliphatic hydroxyl groups is 1.